The van der Waals surface area contributed by atoms with E-state index in [1.807, 2.05) is 24.3 Å². The Morgan fingerprint density at radius 1 is 1.27 bits per heavy atom. The highest BCUT2D eigenvalue weighted by atomic mass is 32.2. The van der Waals surface area contributed by atoms with Crippen molar-refractivity contribution < 1.29 is 18.0 Å². The van der Waals surface area contributed by atoms with Crippen LogP contribution in [0.3, 0.4) is 0 Å². The molecular weight excluding hydrogens is 422 g/mol. The Hall–Kier alpha value is -2.78. The highest BCUT2D eigenvalue weighted by molar-refractivity contribution is 7.90. The highest BCUT2D eigenvalue weighted by Gasteiger charge is 2.35. The van der Waals surface area contributed by atoms with Crippen LogP contribution in [0.5, 0.6) is 0 Å². The van der Waals surface area contributed by atoms with Gasteiger partial charge in [-0.2, -0.15) is 0 Å². The van der Waals surface area contributed by atoms with E-state index < -0.39 is 15.8 Å². The van der Waals surface area contributed by atoms with Crippen molar-refractivity contribution in [3.05, 3.63) is 48.0 Å². The van der Waals surface area contributed by atoms with Crippen LogP contribution in [0, 0.1) is 5.92 Å². The second kappa shape index (κ2) is 7.81. The predicted octanol–water partition coefficient (Wildman–Crippen LogP) is 3.25. The molecule has 1 aliphatic rings. The SMILES string of the molecule is CCc1cccc(N2C[C@@H](C(=O)Nc3nc4ccc(S(C)(=O)=O)cc4s3)CC2=O)c1. The minimum atomic E-state index is -3.32. The molecule has 1 atom stereocenters. The molecule has 30 heavy (non-hydrogen) atoms. The van der Waals surface area contributed by atoms with Gasteiger partial charge >= 0.3 is 0 Å². The third-order valence-corrected chi connectivity index (χ3v) is 7.19. The molecule has 1 aromatic heterocycles. The van der Waals surface area contributed by atoms with Gasteiger partial charge < -0.3 is 10.2 Å². The molecule has 156 valence electrons. The lowest BCUT2D eigenvalue weighted by Crippen LogP contribution is -2.28. The first-order chi connectivity index (χ1) is 14.2. The zero-order chi connectivity index (χ0) is 21.5. The van der Waals surface area contributed by atoms with Gasteiger partial charge in [-0.1, -0.05) is 30.4 Å². The number of sulfone groups is 1. The van der Waals surface area contributed by atoms with Gasteiger partial charge in [0.1, 0.15) is 0 Å². The van der Waals surface area contributed by atoms with Crippen LogP contribution in [0.25, 0.3) is 10.2 Å². The Morgan fingerprint density at radius 3 is 2.80 bits per heavy atom. The van der Waals surface area contributed by atoms with Gasteiger partial charge in [0.25, 0.3) is 0 Å². The van der Waals surface area contributed by atoms with E-state index in [0.29, 0.717) is 21.9 Å². The number of nitrogens with one attached hydrogen (secondary N) is 1. The predicted molar refractivity (Wildman–Crippen MR) is 118 cm³/mol. The Bertz CT molecular complexity index is 1250. The molecule has 9 heteroatoms. The van der Waals surface area contributed by atoms with Gasteiger partial charge in [-0.25, -0.2) is 13.4 Å². The maximum atomic E-state index is 12.7. The summed E-state index contributed by atoms with van der Waals surface area (Å²) in [6.07, 6.45) is 2.17. The van der Waals surface area contributed by atoms with Crippen molar-refractivity contribution in [1.82, 2.24) is 4.98 Å². The second-order valence-electron chi connectivity index (χ2n) is 7.34. The largest absolute Gasteiger partial charge is 0.312 e. The van der Waals surface area contributed by atoms with Gasteiger partial charge in [0.2, 0.25) is 11.8 Å². The second-order valence-corrected chi connectivity index (χ2v) is 10.4. The fourth-order valence-electron chi connectivity index (χ4n) is 3.47. The summed E-state index contributed by atoms with van der Waals surface area (Å²) in [6.45, 7) is 2.37. The number of aromatic nitrogens is 1. The molecule has 1 N–H and O–H groups in total. The molecular formula is C21H21N3O4S2. The third kappa shape index (κ3) is 4.08. The topological polar surface area (TPSA) is 96.4 Å². The van der Waals surface area contributed by atoms with E-state index in [9.17, 15) is 18.0 Å². The average molecular weight is 444 g/mol. The highest BCUT2D eigenvalue weighted by Crippen LogP contribution is 2.30. The zero-order valence-electron chi connectivity index (χ0n) is 16.6. The molecule has 1 saturated heterocycles. The summed E-state index contributed by atoms with van der Waals surface area (Å²) in [6, 6.07) is 12.5. The third-order valence-electron chi connectivity index (χ3n) is 5.14. The van der Waals surface area contributed by atoms with Gasteiger partial charge in [0.05, 0.1) is 21.0 Å². The summed E-state index contributed by atoms with van der Waals surface area (Å²) < 4.78 is 24.1. The van der Waals surface area contributed by atoms with Crippen LogP contribution in [0.15, 0.2) is 47.4 Å². The molecule has 0 spiro atoms. The van der Waals surface area contributed by atoms with E-state index in [1.165, 1.54) is 17.4 Å². The number of hydrogen-bond acceptors (Lipinski definition) is 6. The normalized spacial score (nSPS) is 16.9. The van der Waals surface area contributed by atoms with Crippen LogP contribution in [0.1, 0.15) is 18.9 Å². The number of hydrogen-bond donors (Lipinski definition) is 1. The van der Waals surface area contributed by atoms with Crippen molar-refractivity contribution >= 4 is 54.0 Å². The smallest absolute Gasteiger partial charge is 0.231 e. The molecule has 7 nitrogen and oxygen atoms in total. The minimum Gasteiger partial charge on any atom is -0.312 e. The number of thiazole rings is 1. The molecule has 4 rings (SSSR count). The first kappa shape index (κ1) is 20.5. The van der Waals surface area contributed by atoms with E-state index >= 15 is 0 Å². The minimum absolute atomic E-state index is 0.0782. The average Bonchev–Trinajstić information content (AvgIpc) is 3.29. The number of fused-ring (bicyclic) bond motifs is 1. The van der Waals surface area contributed by atoms with Gasteiger partial charge in [-0.3, -0.25) is 9.59 Å². The standard InChI is InChI=1S/C21H21N3O4S2/c1-3-13-5-4-6-15(9-13)24-12-14(10-19(24)25)20(26)23-21-22-17-8-7-16(30(2,27)28)11-18(17)29-21/h4-9,11,14H,3,10,12H2,1-2H3,(H,22,23,26)/t14-/m0/s1. The first-order valence-corrected chi connectivity index (χ1v) is 12.3. The quantitative estimate of drug-likeness (QED) is 0.653. The van der Waals surface area contributed by atoms with Crippen molar-refractivity contribution in [1.29, 1.82) is 0 Å². The summed E-state index contributed by atoms with van der Waals surface area (Å²) >= 11 is 1.21. The lowest BCUT2D eigenvalue weighted by molar-refractivity contribution is -0.122. The molecule has 0 unspecified atom stereocenters. The fourth-order valence-corrected chi connectivity index (χ4v) is 5.10. The summed E-state index contributed by atoms with van der Waals surface area (Å²) in [7, 11) is -3.32. The lowest BCUT2D eigenvalue weighted by atomic mass is 10.1. The summed E-state index contributed by atoms with van der Waals surface area (Å²) in [5.74, 6) is -0.813. The van der Waals surface area contributed by atoms with Crippen molar-refractivity contribution in [2.75, 3.05) is 23.0 Å². The van der Waals surface area contributed by atoms with Crippen LogP contribution in [0.2, 0.25) is 0 Å². The van der Waals surface area contributed by atoms with Crippen LogP contribution < -0.4 is 10.2 Å². The molecule has 2 amide bonds. The van der Waals surface area contributed by atoms with Crippen molar-refractivity contribution in [3.8, 4) is 0 Å². The maximum Gasteiger partial charge on any atom is 0.231 e. The number of anilines is 2. The molecule has 0 saturated carbocycles. The van der Waals surface area contributed by atoms with Crippen LogP contribution >= 0.6 is 11.3 Å². The zero-order valence-corrected chi connectivity index (χ0v) is 18.2. The van der Waals surface area contributed by atoms with Crippen LogP contribution in [-0.4, -0.2) is 38.0 Å². The fraction of sp³-hybridized carbons (Fsp3) is 0.286. The molecule has 0 bridgehead atoms. The number of benzene rings is 2. The summed E-state index contributed by atoms with van der Waals surface area (Å²) in [5.41, 5.74) is 2.56. The number of amides is 2. The monoisotopic (exact) mass is 443 g/mol. The molecule has 0 radical (unpaired) electrons. The number of nitrogens with zero attached hydrogens (tertiary/aromatic N) is 2. The molecule has 0 aliphatic carbocycles. The molecule has 3 aromatic rings. The van der Waals surface area contributed by atoms with Crippen molar-refractivity contribution in [3.63, 3.8) is 0 Å². The summed E-state index contributed by atoms with van der Waals surface area (Å²) in [5, 5.41) is 3.18. The molecule has 1 aliphatic heterocycles. The number of carbonyl (C=O) groups excluding carboxylic acids is 2. The van der Waals surface area contributed by atoms with E-state index in [1.54, 1.807) is 17.0 Å². The molecule has 1 fully saturated rings. The van der Waals surface area contributed by atoms with E-state index in [-0.39, 0.29) is 23.1 Å². The van der Waals surface area contributed by atoms with E-state index in [0.717, 1.165) is 23.9 Å². The lowest BCUT2D eigenvalue weighted by Gasteiger charge is -2.17. The molecule has 2 heterocycles. The Balaban J connectivity index is 1.49. The van der Waals surface area contributed by atoms with Gasteiger partial charge in [-0.15, -0.1) is 0 Å². The van der Waals surface area contributed by atoms with E-state index in [2.05, 4.69) is 17.2 Å². The van der Waals surface area contributed by atoms with Crippen LogP contribution in [-0.2, 0) is 25.8 Å². The maximum absolute atomic E-state index is 12.7. The number of rotatable bonds is 5. The number of aryl methyl sites for hydroxylation is 1. The van der Waals surface area contributed by atoms with Crippen molar-refractivity contribution in [2.45, 2.75) is 24.7 Å². The van der Waals surface area contributed by atoms with E-state index in [4.69, 9.17) is 0 Å². The Morgan fingerprint density at radius 2 is 2.07 bits per heavy atom. The first-order valence-electron chi connectivity index (χ1n) is 9.55. The molecule has 2 aromatic carbocycles. The number of carbonyl (C=O) groups is 2. The van der Waals surface area contributed by atoms with Gasteiger partial charge in [0, 0.05) is 24.9 Å². The van der Waals surface area contributed by atoms with Crippen molar-refractivity contribution in [2.24, 2.45) is 5.92 Å². The Kier molecular flexibility index (Phi) is 5.33. The van der Waals surface area contributed by atoms with Gasteiger partial charge in [0.15, 0.2) is 15.0 Å². The summed E-state index contributed by atoms with van der Waals surface area (Å²) in [4.78, 5) is 31.5. The Labute approximate surface area is 178 Å². The van der Waals surface area contributed by atoms with Crippen LogP contribution in [0.4, 0.5) is 10.8 Å². The van der Waals surface area contributed by atoms with Gasteiger partial charge in [-0.05, 0) is 42.3 Å².